The monoisotopic (exact) mass is 297 g/mol. The van der Waals surface area contributed by atoms with Crippen molar-refractivity contribution in [1.29, 1.82) is 0 Å². The summed E-state index contributed by atoms with van der Waals surface area (Å²) in [6.07, 6.45) is 0. The summed E-state index contributed by atoms with van der Waals surface area (Å²) in [5.41, 5.74) is 2.11. The lowest BCUT2D eigenvalue weighted by molar-refractivity contribution is -0.120. The van der Waals surface area contributed by atoms with Crippen LogP contribution in [0.2, 0.25) is 0 Å². The Hall–Kier alpha value is -2.49. The van der Waals surface area contributed by atoms with Crippen molar-refractivity contribution in [3.05, 3.63) is 59.7 Å². The minimum Gasteiger partial charge on any atom is -0.493 e. The minimum absolute atomic E-state index is 0.0750. The van der Waals surface area contributed by atoms with Crippen LogP contribution in [-0.4, -0.2) is 26.7 Å². The van der Waals surface area contributed by atoms with Crippen LogP contribution >= 0.6 is 0 Å². The lowest BCUT2D eigenvalue weighted by Gasteiger charge is -2.19. The molecule has 4 heteroatoms. The number of nitrogens with one attached hydrogen (secondary N) is 1. The summed E-state index contributed by atoms with van der Waals surface area (Å²) in [6.45, 7) is 0.633. The topological polar surface area (TPSA) is 47.6 Å². The molecule has 2 unspecified atom stereocenters. The highest BCUT2D eigenvalue weighted by molar-refractivity contribution is 5.87. The van der Waals surface area contributed by atoms with E-state index >= 15 is 0 Å². The standard InChI is InChI=1S/C18H19NO3/c1-21-15-9-8-13(10-16(15)22-2)14-11-19-18(20)17(14)12-6-4-3-5-7-12/h3-10,14,17H,11H2,1-2H3,(H,19,20). The molecule has 1 aliphatic rings. The number of hydrogen-bond acceptors (Lipinski definition) is 3. The molecule has 0 aromatic heterocycles. The fourth-order valence-electron chi connectivity index (χ4n) is 3.06. The minimum atomic E-state index is -0.167. The molecular weight excluding hydrogens is 278 g/mol. The maximum Gasteiger partial charge on any atom is 0.228 e. The quantitative estimate of drug-likeness (QED) is 0.944. The summed E-state index contributed by atoms with van der Waals surface area (Å²) in [6, 6.07) is 15.7. The highest BCUT2D eigenvalue weighted by atomic mass is 16.5. The Morgan fingerprint density at radius 2 is 1.68 bits per heavy atom. The zero-order valence-corrected chi connectivity index (χ0v) is 12.7. The number of amides is 1. The van der Waals surface area contributed by atoms with E-state index in [2.05, 4.69) is 5.32 Å². The number of carbonyl (C=O) groups excluding carboxylic acids is 1. The molecule has 0 radical (unpaired) electrons. The molecule has 1 fully saturated rings. The highest BCUT2D eigenvalue weighted by Gasteiger charge is 2.37. The Balaban J connectivity index is 1.98. The van der Waals surface area contributed by atoms with Crippen LogP contribution in [0.25, 0.3) is 0 Å². The van der Waals surface area contributed by atoms with Crippen LogP contribution in [0.5, 0.6) is 11.5 Å². The van der Waals surface area contributed by atoms with E-state index in [9.17, 15) is 4.79 Å². The maximum atomic E-state index is 12.3. The van der Waals surface area contributed by atoms with Gasteiger partial charge in [0.2, 0.25) is 5.91 Å². The van der Waals surface area contributed by atoms with Gasteiger partial charge in [0.05, 0.1) is 20.1 Å². The summed E-state index contributed by atoms with van der Waals surface area (Å²) in [7, 11) is 3.24. The lowest BCUT2D eigenvalue weighted by Crippen LogP contribution is -2.18. The van der Waals surface area contributed by atoms with Gasteiger partial charge in [0.15, 0.2) is 11.5 Å². The van der Waals surface area contributed by atoms with Gasteiger partial charge in [-0.15, -0.1) is 0 Å². The molecule has 22 heavy (non-hydrogen) atoms. The van der Waals surface area contributed by atoms with Gasteiger partial charge < -0.3 is 14.8 Å². The summed E-state index contributed by atoms with van der Waals surface area (Å²) in [5, 5.41) is 2.97. The van der Waals surface area contributed by atoms with E-state index in [1.807, 2.05) is 48.5 Å². The van der Waals surface area contributed by atoms with Gasteiger partial charge in [-0.25, -0.2) is 0 Å². The van der Waals surface area contributed by atoms with Crippen molar-refractivity contribution >= 4 is 5.91 Å². The third-order valence-corrected chi connectivity index (χ3v) is 4.18. The first-order chi connectivity index (χ1) is 10.7. The van der Waals surface area contributed by atoms with Crippen molar-refractivity contribution in [2.45, 2.75) is 11.8 Å². The number of carbonyl (C=O) groups is 1. The zero-order valence-electron chi connectivity index (χ0n) is 12.7. The first-order valence-corrected chi connectivity index (χ1v) is 7.29. The van der Waals surface area contributed by atoms with Gasteiger partial charge in [0.1, 0.15) is 0 Å². The number of ether oxygens (including phenoxy) is 2. The largest absolute Gasteiger partial charge is 0.493 e. The molecule has 0 saturated carbocycles. The number of hydrogen-bond donors (Lipinski definition) is 1. The maximum absolute atomic E-state index is 12.3. The van der Waals surface area contributed by atoms with E-state index in [0.717, 1.165) is 11.1 Å². The van der Waals surface area contributed by atoms with Crippen molar-refractivity contribution < 1.29 is 14.3 Å². The first-order valence-electron chi connectivity index (χ1n) is 7.29. The molecule has 1 N–H and O–H groups in total. The SMILES string of the molecule is COc1ccc(C2CNC(=O)C2c2ccccc2)cc1OC. The van der Waals surface area contributed by atoms with Gasteiger partial charge in [-0.3, -0.25) is 4.79 Å². The van der Waals surface area contributed by atoms with Crippen LogP contribution in [-0.2, 0) is 4.79 Å². The molecule has 1 amide bonds. The van der Waals surface area contributed by atoms with Crippen LogP contribution < -0.4 is 14.8 Å². The normalized spacial score (nSPS) is 20.5. The van der Waals surface area contributed by atoms with E-state index in [-0.39, 0.29) is 17.7 Å². The Labute approximate surface area is 130 Å². The molecule has 2 aromatic carbocycles. The van der Waals surface area contributed by atoms with E-state index in [1.54, 1.807) is 14.2 Å². The second-order valence-corrected chi connectivity index (χ2v) is 5.35. The smallest absolute Gasteiger partial charge is 0.228 e. The molecule has 1 aliphatic heterocycles. The zero-order chi connectivity index (χ0) is 15.5. The van der Waals surface area contributed by atoms with Gasteiger partial charge in [0.25, 0.3) is 0 Å². The van der Waals surface area contributed by atoms with E-state index in [4.69, 9.17) is 9.47 Å². The second kappa shape index (κ2) is 6.10. The molecule has 114 valence electrons. The van der Waals surface area contributed by atoms with E-state index in [0.29, 0.717) is 18.0 Å². The third kappa shape index (κ3) is 2.52. The number of methoxy groups -OCH3 is 2. The molecule has 1 saturated heterocycles. The summed E-state index contributed by atoms with van der Waals surface area (Å²) in [5.74, 6) is 1.38. The first kappa shape index (κ1) is 14.4. The average Bonchev–Trinajstić information content (AvgIpc) is 2.96. The Morgan fingerprint density at radius 1 is 0.955 bits per heavy atom. The average molecular weight is 297 g/mol. The Morgan fingerprint density at radius 3 is 2.36 bits per heavy atom. The number of benzene rings is 2. The molecule has 0 bridgehead atoms. The van der Waals surface area contributed by atoms with Gasteiger partial charge in [-0.2, -0.15) is 0 Å². The van der Waals surface area contributed by atoms with Crippen LogP contribution in [0, 0.1) is 0 Å². The Bertz CT molecular complexity index is 669. The Kier molecular flexibility index (Phi) is 4.00. The van der Waals surface area contributed by atoms with E-state index < -0.39 is 0 Å². The van der Waals surface area contributed by atoms with Crippen LogP contribution in [0.1, 0.15) is 23.0 Å². The predicted molar refractivity (Wildman–Crippen MR) is 84.5 cm³/mol. The molecule has 2 aromatic rings. The fraction of sp³-hybridized carbons (Fsp3) is 0.278. The molecule has 2 atom stereocenters. The summed E-state index contributed by atoms with van der Waals surface area (Å²) in [4.78, 5) is 12.3. The van der Waals surface area contributed by atoms with Crippen LogP contribution in [0.3, 0.4) is 0 Å². The molecule has 1 heterocycles. The number of rotatable bonds is 4. The van der Waals surface area contributed by atoms with Crippen LogP contribution in [0.15, 0.2) is 48.5 Å². The van der Waals surface area contributed by atoms with Crippen molar-refractivity contribution in [2.75, 3.05) is 20.8 Å². The fourth-order valence-corrected chi connectivity index (χ4v) is 3.06. The predicted octanol–water partition coefficient (Wildman–Crippen LogP) is 2.70. The summed E-state index contributed by atoms with van der Waals surface area (Å²) >= 11 is 0. The second-order valence-electron chi connectivity index (χ2n) is 5.35. The molecule has 4 nitrogen and oxygen atoms in total. The van der Waals surface area contributed by atoms with E-state index in [1.165, 1.54) is 0 Å². The lowest BCUT2D eigenvalue weighted by atomic mass is 9.83. The van der Waals surface area contributed by atoms with Crippen molar-refractivity contribution in [2.24, 2.45) is 0 Å². The van der Waals surface area contributed by atoms with Gasteiger partial charge >= 0.3 is 0 Å². The van der Waals surface area contributed by atoms with Crippen molar-refractivity contribution in [1.82, 2.24) is 5.32 Å². The molecule has 0 aliphatic carbocycles. The molecular formula is C18H19NO3. The van der Waals surface area contributed by atoms with Gasteiger partial charge in [-0.05, 0) is 23.3 Å². The highest BCUT2D eigenvalue weighted by Crippen LogP contribution is 2.39. The third-order valence-electron chi connectivity index (χ3n) is 4.18. The molecule has 0 spiro atoms. The van der Waals surface area contributed by atoms with Crippen LogP contribution in [0.4, 0.5) is 0 Å². The summed E-state index contributed by atoms with van der Waals surface area (Å²) < 4.78 is 10.7. The van der Waals surface area contributed by atoms with Gasteiger partial charge in [0, 0.05) is 12.5 Å². The van der Waals surface area contributed by atoms with Crippen molar-refractivity contribution in [3.63, 3.8) is 0 Å². The van der Waals surface area contributed by atoms with Crippen molar-refractivity contribution in [3.8, 4) is 11.5 Å². The molecule has 3 rings (SSSR count). The van der Waals surface area contributed by atoms with Gasteiger partial charge in [-0.1, -0.05) is 36.4 Å².